The summed E-state index contributed by atoms with van der Waals surface area (Å²) in [7, 11) is 0. The van der Waals surface area contributed by atoms with Gasteiger partial charge in [-0.05, 0) is 6.07 Å². The number of para-hydroxylation sites is 1. The fourth-order valence-electron chi connectivity index (χ4n) is 1.42. The Balaban J connectivity index is 2.70. The number of carbonyl (C=O) groups is 1. The molecule has 72 valence electrons. The molecule has 0 spiro atoms. The normalized spacial score (nSPS) is 10.7. The van der Waals surface area contributed by atoms with Crippen molar-refractivity contribution < 1.29 is 4.79 Å². The smallest absolute Gasteiger partial charge is 0.179 e. The van der Waals surface area contributed by atoms with Crippen LogP contribution in [0, 0.1) is 0 Å². The molecule has 0 unspecified atom stereocenters. The van der Waals surface area contributed by atoms with Crippen molar-refractivity contribution in [3.8, 4) is 0 Å². The Kier molecular flexibility index (Phi) is 2.48. The van der Waals surface area contributed by atoms with Crippen molar-refractivity contribution in [2.75, 3.05) is 5.88 Å². The van der Waals surface area contributed by atoms with E-state index in [1.165, 1.54) is 0 Å². The van der Waals surface area contributed by atoms with Crippen molar-refractivity contribution in [3.63, 3.8) is 0 Å². The second kappa shape index (κ2) is 3.64. The fraction of sp³-hybridized carbons (Fsp3) is 0.100. The number of hydrogen-bond acceptors (Lipinski definition) is 1. The predicted molar refractivity (Wildman–Crippen MR) is 58.4 cm³/mol. The summed E-state index contributed by atoms with van der Waals surface area (Å²) >= 11 is 11.4. The molecule has 0 aliphatic carbocycles. The summed E-state index contributed by atoms with van der Waals surface area (Å²) in [5, 5.41) is 1.43. The Morgan fingerprint density at radius 2 is 2.21 bits per heavy atom. The fourth-order valence-corrected chi connectivity index (χ4v) is 1.79. The molecule has 1 heterocycles. The highest BCUT2D eigenvalue weighted by atomic mass is 35.5. The zero-order chi connectivity index (χ0) is 10.1. The average molecular weight is 228 g/mol. The van der Waals surface area contributed by atoms with E-state index in [0.29, 0.717) is 10.6 Å². The lowest BCUT2D eigenvalue weighted by Crippen LogP contribution is -1.98. The SMILES string of the molecule is O=C(CCl)c1c[nH]c2c(Cl)cccc12. The van der Waals surface area contributed by atoms with Gasteiger partial charge in [0.1, 0.15) is 0 Å². The van der Waals surface area contributed by atoms with Crippen LogP contribution >= 0.6 is 23.2 Å². The molecule has 14 heavy (non-hydrogen) atoms. The summed E-state index contributed by atoms with van der Waals surface area (Å²) in [5.74, 6) is -0.111. The molecule has 1 aromatic carbocycles. The van der Waals surface area contributed by atoms with Crippen LogP contribution < -0.4 is 0 Å². The van der Waals surface area contributed by atoms with E-state index in [0.717, 1.165) is 10.9 Å². The van der Waals surface area contributed by atoms with Gasteiger partial charge in [0.05, 0.1) is 16.4 Å². The number of halogens is 2. The van der Waals surface area contributed by atoms with E-state index in [9.17, 15) is 4.79 Å². The Morgan fingerprint density at radius 3 is 2.93 bits per heavy atom. The third-order valence-corrected chi connectivity index (χ3v) is 2.64. The maximum Gasteiger partial charge on any atom is 0.179 e. The standard InChI is InChI=1S/C10H7Cl2NO/c11-4-9(14)7-5-13-10-6(7)2-1-3-8(10)12/h1-3,5,13H,4H2. The first kappa shape index (κ1) is 9.56. The Labute approximate surface area is 90.8 Å². The highest BCUT2D eigenvalue weighted by Crippen LogP contribution is 2.25. The third kappa shape index (κ3) is 1.41. The molecular formula is C10H7Cl2NO. The lowest BCUT2D eigenvalue weighted by Gasteiger charge is -1.95. The van der Waals surface area contributed by atoms with Crippen LogP contribution in [0.2, 0.25) is 5.02 Å². The summed E-state index contributed by atoms with van der Waals surface area (Å²) in [4.78, 5) is 14.4. The van der Waals surface area contributed by atoms with E-state index in [2.05, 4.69) is 4.98 Å². The highest BCUT2D eigenvalue weighted by molar-refractivity contribution is 6.36. The van der Waals surface area contributed by atoms with E-state index in [4.69, 9.17) is 23.2 Å². The number of alkyl halides is 1. The number of carbonyl (C=O) groups excluding carboxylic acids is 1. The van der Waals surface area contributed by atoms with Crippen molar-refractivity contribution in [1.29, 1.82) is 0 Å². The molecular weight excluding hydrogens is 221 g/mol. The minimum atomic E-state index is -0.0971. The first-order chi connectivity index (χ1) is 6.74. The number of H-pyrrole nitrogens is 1. The van der Waals surface area contributed by atoms with Gasteiger partial charge in [-0.3, -0.25) is 4.79 Å². The highest BCUT2D eigenvalue weighted by Gasteiger charge is 2.11. The minimum Gasteiger partial charge on any atom is -0.359 e. The summed E-state index contributed by atoms with van der Waals surface area (Å²) in [6, 6.07) is 5.43. The van der Waals surface area contributed by atoms with Gasteiger partial charge in [0.15, 0.2) is 5.78 Å². The first-order valence-electron chi connectivity index (χ1n) is 4.09. The maximum absolute atomic E-state index is 11.4. The van der Waals surface area contributed by atoms with Crippen molar-refractivity contribution in [1.82, 2.24) is 4.98 Å². The Morgan fingerprint density at radius 1 is 1.43 bits per heavy atom. The van der Waals surface area contributed by atoms with Gasteiger partial charge in [-0.25, -0.2) is 0 Å². The molecule has 1 N–H and O–H groups in total. The number of nitrogens with one attached hydrogen (secondary N) is 1. The van der Waals surface area contributed by atoms with Gasteiger partial charge < -0.3 is 4.98 Å². The van der Waals surface area contributed by atoms with Gasteiger partial charge in [0, 0.05) is 17.1 Å². The Bertz CT molecular complexity index is 490. The van der Waals surface area contributed by atoms with Gasteiger partial charge in [0.2, 0.25) is 0 Å². The van der Waals surface area contributed by atoms with Crippen LogP contribution in [0.4, 0.5) is 0 Å². The number of rotatable bonds is 2. The van der Waals surface area contributed by atoms with Gasteiger partial charge in [-0.1, -0.05) is 23.7 Å². The van der Waals surface area contributed by atoms with Crippen LogP contribution in [0.25, 0.3) is 10.9 Å². The van der Waals surface area contributed by atoms with Crippen LogP contribution in [-0.4, -0.2) is 16.6 Å². The monoisotopic (exact) mass is 227 g/mol. The Hall–Kier alpha value is -0.990. The minimum absolute atomic E-state index is 0.0144. The number of ketones is 1. The van der Waals surface area contributed by atoms with Crippen LogP contribution in [0.5, 0.6) is 0 Å². The summed E-state index contributed by atoms with van der Waals surface area (Å²) < 4.78 is 0. The number of aromatic nitrogens is 1. The molecule has 0 atom stereocenters. The molecule has 0 fully saturated rings. The lowest BCUT2D eigenvalue weighted by atomic mass is 10.1. The zero-order valence-corrected chi connectivity index (χ0v) is 8.69. The molecule has 0 radical (unpaired) electrons. The number of aromatic amines is 1. The number of hydrogen-bond donors (Lipinski definition) is 1. The van der Waals surface area contributed by atoms with Crippen molar-refractivity contribution in [2.45, 2.75) is 0 Å². The van der Waals surface area contributed by atoms with Crippen LogP contribution in [0.1, 0.15) is 10.4 Å². The second-order valence-electron chi connectivity index (χ2n) is 2.92. The van der Waals surface area contributed by atoms with Gasteiger partial charge in [-0.15, -0.1) is 11.6 Å². The molecule has 0 amide bonds. The zero-order valence-electron chi connectivity index (χ0n) is 7.18. The second-order valence-corrected chi connectivity index (χ2v) is 3.60. The first-order valence-corrected chi connectivity index (χ1v) is 5.00. The number of fused-ring (bicyclic) bond motifs is 1. The molecule has 0 bridgehead atoms. The van der Waals surface area contributed by atoms with E-state index >= 15 is 0 Å². The molecule has 2 aromatic rings. The topological polar surface area (TPSA) is 32.9 Å². The lowest BCUT2D eigenvalue weighted by molar-refractivity contribution is 0.102. The quantitative estimate of drug-likeness (QED) is 0.621. The number of Topliss-reactive ketones (excluding diaryl/α,β-unsaturated/α-hetero) is 1. The largest absolute Gasteiger partial charge is 0.359 e. The maximum atomic E-state index is 11.4. The molecule has 0 aliphatic rings. The third-order valence-electron chi connectivity index (χ3n) is 2.09. The van der Waals surface area contributed by atoms with E-state index in [1.54, 1.807) is 12.3 Å². The molecule has 0 saturated heterocycles. The molecule has 0 aliphatic heterocycles. The van der Waals surface area contributed by atoms with Gasteiger partial charge in [-0.2, -0.15) is 0 Å². The molecule has 4 heteroatoms. The summed E-state index contributed by atoms with van der Waals surface area (Å²) in [6.07, 6.45) is 1.64. The van der Waals surface area contributed by atoms with Crippen molar-refractivity contribution in [3.05, 3.63) is 35.0 Å². The number of benzene rings is 1. The summed E-state index contributed by atoms with van der Waals surface area (Å²) in [6.45, 7) is 0. The van der Waals surface area contributed by atoms with Gasteiger partial charge >= 0.3 is 0 Å². The van der Waals surface area contributed by atoms with Crippen LogP contribution in [-0.2, 0) is 0 Å². The van der Waals surface area contributed by atoms with Gasteiger partial charge in [0.25, 0.3) is 0 Å². The molecule has 0 saturated carbocycles. The van der Waals surface area contributed by atoms with E-state index in [-0.39, 0.29) is 11.7 Å². The molecule has 1 aromatic heterocycles. The summed E-state index contributed by atoms with van der Waals surface area (Å²) in [5.41, 5.74) is 1.38. The van der Waals surface area contributed by atoms with Crippen molar-refractivity contribution in [2.24, 2.45) is 0 Å². The molecule has 2 nitrogen and oxygen atoms in total. The van der Waals surface area contributed by atoms with Crippen LogP contribution in [0.3, 0.4) is 0 Å². The van der Waals surface area contributed by atoms with Crippen LogP contribution in [0.15, 0.2) is 24.4 Å². The average Bonchev–Trinajstić information content (AvgIpc) is 2.62. The van der Waals surface area contributed by atoms with E-state index in [1.807, 2.05) is 12.1 Å². The van der Waals surface area contributed by atoms with E-state index < -0.39 is 0 Å². The predicted octanol–water partition coefficient (Wildman–Crippen LogP) is 3.24. The molecule has 2 rings (SSSR count). The van der Waals surface area contributed by atoms with Crippen molar-refractivity contribution >= 4 is 39.9 Å².